The van der Waals surface area contributed by atoms with Crippen molar-refractivity contribution in [2.24, 2.45) is 5.92 Å². The lowest BCUT2D eigenvalue weighted by atomic mass is 9.91. The van der Waals surface area contributed by atoms with E-state index < -0.39 is 0 Å². The van der Waals surface area contributed by atoms with Crippen LogP contribution >= 0.6 is 0 Å². The van der Waals surface area contributed by atoms with Gasteiger partial charge in [0.2, 0.25) is 5.91 Å². The molecule has 2 fully saturated rings. The van der Waals surface area contributed by atoms with Crippen LogP contribution in [0.25, 0.3) is 0 Å². The Morgan fingerprint density at radius 2 is 2.27 bits per heavy atom. The molecule has 11 heavy (non-hydrogen) atoms. The predicted molar refractivity (Wildman–Crippen MR) is 43.1 cm³/mol. The van der Waals surface area contributed by atoms with Gasteiger partial charge in [0.25, 0.3) is 0 Å². The van der Waals surface area contributed by atoms with E-state index in [9.17, 15) is 4.79 Å². The molecule has 2 aliphatic heterocycles. The maximum Gasteiger partial charge on any atom is 0.222 e. The normalized spacial score (nSPS) is 37.5. The number of carbonyl (C=O) groups is 1. The highest BCUT2D eigenvalue weighted by atomic mass is 16.2. The minimum atomic E-state index is 0.390. The average molecular weight is 153 g/mol. The lowest BCUT2D eigenvalue weighted by molar-refractivity contribution is -0.130. The molecule has 0 bridgehead atoms. The zero-order valence-corrected chi connectivity index (χ0v) is 7.05. The SMILES string of the molecule is C[C@H]1CCCN2C(=O)CC[C@@H]12. The van der Waals surface area contributed by atoms with E-state index in [1.165, 1.54) is 12.8 Å². The lowest BCUT2D eigenvalue weighted by Gasteiger charge is -2.34. The molecule has 0 spiro atoms. The van der Waals surface area contributed by atoms with Gasteiger partial charge in [0.15, 0.2) is 0 Å². The van der Waals surface area contributed by atoms with Gasteiger partial charge >= 0.3 is 0 Å². The van der Waals surface area contributed by atoms with Gasteiger partial charge in [-0.25, -0.2) is 0 Å². The smallest absolute Gasteiger partial charge is 0.222 e. The van der Waals surface area contributed by atoms with E-state index in [0.29, 0.717) is 11.9 Å². The van der Waals surface area contributed by atoms with Gasteiger partial charge in [-0.3, -0.25) is 4.79 Å². The van der Waals surface area contributed by atoms with Crippen molar-refractivity contribution in [3.63, 3.8) is 0 Å². The number of nitrogens with zero attached hydrogens (tertiary/aromatic N) is 1. The highest BCUT2D eigenvalue weighted by Crippen LogP contribution is 2.31. The summed E-state index contributed by atoms with van der Waals surface area (Å²) in [5.41, 5.74) is 0. The number of piperidine rings is 1. The molecule has 2 heteroatoms. The summed E-state index contributed by atoms with van der Waals surface area (Å²) in [6.07, 6.45) is 4.44. The topological polar surface area (TPSA) is 20.3 Å². The summed E-state index contributed by atoms with van der Waals surface area (Å²) in [5.74, 6) is 1.14. The Kier molecular flexibility index (Phi) is 1.63. The Morgan fingerprint density at radius 1 is 1.45 bits per heavy atom. The molecule has 0 N–H and O–H groups in total. The van der Waals surface area contributed by atoms with Gasteiger partial charge in [-0.15, -0.1) is 0 Å². The Labute approximate surface area is 67.6 Å². The van der Waals surface area contributed by atoms with E-state index in [1.54, 1.807) is 0 Å². The number of hydrogen-bond acceptors (Lipinski definition) is 1. The standard InChI is InChI=1S/C9H15NO/c1-7-3-2-6-10-8(7)4-5-9(10)11/h7-8H,2-6H2,1H3/t7-,8-/m0/s1. The largest absolute Gasteiger partial charge is 0.339 e. The van der Waals surface area contributed by atoms with Crippen LogP contribution in [0.4, 0.5) is 0 Å². The zero-order chi connectivity index (χ0) is 7.84. The van der Waals surface area contributed by atoms with Crippen molar-refractivity contribution < 1.29 is 4.79 Å². The fourth-order valence-electron chi connectivity index (χ4n) is 2.41. The third-order valence-corrected chi connectivity index (χ3v) is 3.09. The van der Waals surface area contributed by atoms with Crippen LogP contribution in [0.5, 0.6) is 0 Å². The maximum atomic E-state index is 11.3. The minimum absolute atomic E-state index is 0.390. The second kappa shape index (κ2) is 2.50. The Morgan fingerprint density at radius 3 is 3.00 bits per heavy atom. The second-order valence-electron chi connectivity index (χ2n) is 3.81. The Balaban J connectivity index is 2.12. The van der Waals surface area contributed by atoms with Crippen LogP contribution in [0.2, 0.25) is 0 Å². The molecule has 0 aromatic heterocycles. The first-order valence-electron chi connectivity index (χ1n) is 4.58. The van der Waals surface area contributed by atoms with Gasteiger partial charge in [-0.05, 0) is 25.2 Å². The van der Waals surface area contributed by atoms with Crippen LogP contribution in [0.1, 0.15) is 32.6 Å². The molecule has 0 aromatic carbocycles. The molecule has 2 saturated heterocycles. The van der Waals surface area contributed by atoms with Gasteiger partial charge in [-0.1, -0.05) is 6.92 Å². The molecule has 2 atom stereocenters. The third kappa shape index (κ3) is 1.05. The van der Waals surface area contributed by atoms with Crippen LogP contribution in [0.15, 0.2) is 0 Å². The molecule has 2 aliphatic rings. The van der Waals surface area contributed by atoms with Gasteiger partial charge in [0.05, 0.1) is 0 Å². The van der Waals surface area contributed by atoms with Gasteiger partial charge in [0.1, 0.15) is 0 Å². The van der Waals surface area contributed by atoms with Crippen molar-refractivity contribution in [2.45, 2.75) is 38.6 Å². The molecule has 0 aliphatic carbocycles. The van der Waals surface area contributed by atoms with Gasteiger partial charge in [0, 0.05) is 19.0 Å². The van der Waals surface area contributed by atoms with Crippen molar-refractivity contribution in [1.82, 2.24) is 4.90 Å². The number of carbonyl (C=O) groups excluding carboxylic acids is 1. The third-order valence-electron chi connectivity index (χ3n) is 3.09. The van der Waals surface area contributed by atoms with Crippen molar-refractivity contribution in [1.29, 1.82) is 0 Å². The summed E-state index contributed by atoms with van der Waals surface area (Å²) < 4.78 is 0. The summed E-state index contributed by atoms with van der Waals surface area (Å²) in [7, 11) is 0. The van der Waals surface area contributed by atoms with Crippen molar-refractivity contribution in [2.75, 3.05) is 6.54 Å². The number of hydrogen-bond donors (Lipinski definition) is 0. The minimum Gasteiger partial charge on any atom is -0.339 e. The highest BCUT2D eigenvalue weighted by molar-refractivity contribution is 5.78. The van der Waals surface area contributed by atoms with Crippen molar-refractivity contribution >= 4 is 5.91 Å². The summed E-state index contributed by atoms with van der Waals surface area (Å²) in [6, 6.07) is 0.594. The van der Waals surface area contributed by atoms with Crippen molar-refractivity contribution in [3.8, 4) is 0 Å². The van der Waals surface area contributed by atoms with E-state index >= 15 is 0 Å². The highest BCUT2D eigenvalue weighted by Gasteiger charge is 2.36. The lowest BCUT2D eigenvalue weighted by Crippen LogP contribution is -2.41. The van der Waals surface area contributed by atoms with Crippen LogP contribution in [0, 0.1) is 5.92 Å². The molecule has 0 unspecified atom stereocenters. The molecule has 0 radical (unpaired) electrons. The van der Waals surface area contributed by atoms with E-state index in [0.717, 1.165) is 25.3 Å². The van der Waals surface area contributed by atoms with E-state index in [4.69, 9.17) is 0 Å². The quantitative estimate of drug-likeness (QED) is 0.515. The molecule has 1 amide bonds. The fourth-order valence-corrected chi connectivity index (χ4v) is 2.41. The Bertz CT molecular complexity index is 178. The van der Waals surface area contributed by atoms with E-state index in [2.05, 4.69) is 11.8 Å². The number of fused-ring (bicyclic) bond motifs is 1. The van der Waals surface area contributed by atoms with Gasteiger partial charge in [-0.2, -0.15) is 0 Å². The van der Waals surface area contributed by atoms with Crippen LogP contribution < -0.4 is 0 Å². The molecule has 0 saturated carbocycles. The van der Waals surface area contributed by atoms with E-state index in [-0.39, 0.29) is 0 Å². The number of rotatable bonds is 0. The predicted octanol–water partition coefficient (Wildman–Crippen LogP) is 1.41. The maximum absolute atomic E-state index is 11.3. The molecular formula is C9H15NO. The summed E-state index contributed by atoms with van der Waals surface area (Å²) in [5, 5.41) is 0. The monoisotopic (exact) mass is 153 g/mol. The molecule has 2 nitrogen and oxygen atoms in total. The molecule has 2 heterocycles. The number of amides is 1. The zero-order valence-electron chi connectivity index (χ0n) is 7.05. The molecule has 62 valence electrons. The summed E-state index contributed by atoms with van der Waals surface area (Å²) in [6.45, 7) is 3.29. The van der Waals surface area contributed by atoms with Gasteiger partial charge < -0.3 is 4.90 Å². The first-order chi connectivity index (χ1) is 5.29. The summed E-state index contributed by atoms with van der Waals surface area (Å²) in [4.78, 5) is 13.4. The Hall–Kier alpha value is -0.530. The molecule has 0 aromatic rings. The van der Waals surface area contributed by atoms with E-state index in [1.807, 2.05) is 0 Å². The fraction of sp³-hybridized carbons (Fsp3) is 0.889. The van der Waals surface area contributed by atoms with Crippen LogP contribution in [0.3, 0.4) is 0 Å². The molecular weight excluding hydrogens is 138 g/mol. The first-order valence-corrected chi connectivity index (χ1v) is 4.58. The molecule has 2 rings (SSSR count). The second-order valence-corrected chi connectivity index (χ2v) is 3.81. The average Bonchev–Trinajstić information content (AvgIpc) is 2.35. The van der Waals surface area contributed by atoms with Crippen molar-refractivity contribution in [3.05, 3.63) is 0 Å². The first kappa shape index (κ1) is 7.14. The summed E-state index contributed by atoms with van der Waals surface area (Å²) >= 11 is 0. The van der Waals surface area contributed by atoms with Crippen LogP contribution in [-0.2, 0) is 4.79 Å². The van der Waals surface area contributed by atoms with Crippen LogP contribution in [-0.4, -0.2) is 23.4 Å².